The molecule has 2 aliphatic rings. The number of ether oxygens (including phenoxy) is 2. The number of morpholine rings is 1. The van der Waals surface area contributed by atoms with E-state index in [-0.39, 0.29) is 11.5 Å². The molecule has 9 heteroatoms. The van der Waals surface area contributed by atoms with Crippen LogP contribution in [0.3, 0.4) is 0 Å². The lowest BCUT2D eigenvalue weighted by Crippen LogP contribution is -2.52. The second-order valence-electron chi connectivity index (χ2n) is 7.03. The number of aromatic nitrogens is 2. The zero-order valence-corrected chi connectivity index (χ0v) is 16.5. The average molecular weight is 412 g/mol. The summed E-state index contributed by atoms with van der Waals surface area (Å²) in [5, 5.41) is 1.84. The zero-order chi connectivity index (χ0) is 19.8. The van der Waals surface area contributed by atoms with Crippen molar-refractivity contribution in [1.29, 1.82) is 0 Å². The Bertz CT molecular complexity index is 1110. The fraction of sp³-hybridized carbons (Fsp3) is 0.350. The zero-order valence-electron chi connectivity index (χ0n) is 15.7. The van der Waals surface area contributed by atoms with Crippen molar-refractivity contribution in [2.24, 2.45) is 0 Å². The van der Waals surface area contributed by atoms with Crippen LogP contribution in [0.15, 0.2) is 46.7 Å². The molecule has 0 N–H and O–H groups in total. The molecule has 2 aliphatic heterocycles. The fourth-order valence-electron chi connectivity index (χ4n) is 3.74. The normalized spacial score (nSPS) is 19.1. The van der Waals surface area contributed by atoms with Gasteiger partial charge in [-0.3, -0.25) is 14.0 Å². The minimum absolute atomic E-state index is 0.0328. The summed E-state index contributed by atoms with van der Waals surface area (Å²) in [5.41, 5.74) is 1.46. The third-order valence-corrected chi connectivity index (χ3v) is 5.93. The van der Waals surface area contributed by atoms with Gasteiger partial charge in [0.05, 0.1) is 37.7 Å². The number of carbonyl (C=O) groups excluding carboxylic acids is 1. The van der Waals surface area contributed by atoms with Gasteiger partial charge in [0.2, 0.25) is 0 Å². The number of nitrogens with zero attached hydrogens (tertiary/aromatic N) is 4. The van der Waals surface area contributed by atoms with Gasteiger partial charge in [0.1, 0.15) is 5.75 Å². The molecule has 5 rings (SSSR count). The molecule has 0 bridgehead atoms. The van der Waals surface area contributed by atoms with Gasteiger partial charge < -0.3 is 19.3 Å². The molecule has 0 saturated carbocycles. The number of carbonyl (C=O) groups is 1. The second kappa shape index (κ2) is 7.49. The number of benzene rings is 1. The molecule has 1 amide bonds. The summed E-state index contributed by atoms with van der Waals surface area (Å²) in [6.07, 6.45) is 1.12. The maximum absolute atomic E-state index is 13.0. The molecule has 1 fully saturated rings. The number of amides is 1. The highest BCUT2D eigenvalue weighted by Crippen LogP contribution is 2.34. The smallest absolute Gasteiger partial charge is 0.265 e. The molecule has 29 heavy (non-hydrogen) atoms. The standard InChI is InChI=1S/C20H20N4O4S/c25-18-11-14(21-20-24(18)7-10-29-20)12-23-13-17(19(26)22-5-8-27-9-6-22)28-16-4-2-1-3-15(16)23/h1-4,7,10-11,17H,5-6,8-9,12-13H2. The molecule has 1 atom stereocenters. The van der Waals surface area contributed by atoms with E-state index in [2.05, 4.69) is 9.88 Å². The summed E-state index contributed by atoms with van der Waals surface area (Å²) in [6, 6.07) is 9.20. The van der Waals surface area contributed by atoms with Crippen LogP contribution in [0, 0.1) is 0 Å². The van der Waals surface area contributed by atoms with Crippen molar-refractivity contribution in [3.63, 3.8) is 0 Å². The summed E-state index contributed by atoms with van der Waals surface area (Å²) in [4.78, 5) is 34.5. The maximum Gasteiger partial charge on any atom is 0.265 e. The van der Waals surface area contributed by atoms with Crippen LogP contribution in [-0.4, -0.2) is 59.1 Å². The SMILES string of the molecule is O=C(C1CN(Cc2cc(=O)n3ccsc3n2)c2ccccc2O1)N1CCOCC1. The van der Waals surface area contributed by atoms with Gasteiger partial charge in [-0.25, -0.2) is 4.98 Å². The van der Waals surface area contributed by atoms with Crippen LogP contribution >= 0.6 is 11.3 Å². The predicted molar refractivity (Wildman–Crippen MR) is 109 cm³/mol. The number of rotatable bonds is 3. The minimum Gasteiger partial charge on any atom is -0.477 e. The van der Waals surface area contributed by atoms with Gasteiger partial charge in [0.25, 0.3) is 11.5 Å². The fourth-order valence-corrected chi connectivity index (χ4v) is 4.48. The van der Waals surface area contributed by atoms with Crippen molar-refractivity contribution in [2.75, 3.05) is 37.7 Å². The van der Waals surface area contributed by atoms with E-state index in [0.29, 0.717) is 55.8 Å². The monoisotopic (exact) mass is 412 g/mol. The van der Waals surface area contributed by atoms with Gasteiger partial charge in [-0.15, -0.1) is 11.3 Å². The van der Waals surface area contributed by atoms with E-state index < -0.39 is 6.10 Å². The number of fused-ring (bicyclic) bond motifs is 2. The first-order valence-corrected chi connectivity index (χ1v) is 10.4. The summed E-state index contributed by atoms with van der Waals surface area (Å²) < 4.78 is 12.9. The molecule has 150 valence electrons. The van der Waals surface area contributed by atoms with Crippen LogP contribution < -0.4 is 15.2 Å². The maximum atomic E-state index is 13.0. The summed E-state index contributed by atoms with van der Waals surface area (Å²) in [6.45, 7) is 3.08. The molecular weight excluding hydrogens is 392 g/mol. The summed E-state index contributed by atoms with van der Waals surface area (Å²) in [5.74, 6) is 0.633. The van der Waals surface area contributed by atoms with Crippen molar-refractivity contribution < 1.29 is 14.3 Å². The van der Waals surface area contributed by atoms with E-state index in [1.54, 1.807) is 17.2 Å². The van der Waals surface area contributed by atoms with Crippen LogP contribution in [0.2, 0.25) is 0 Å². The Kier molecular flexibility index (Phi) is 4.69. The van der Waals surface area contributed by atoms with Crippen LogP contribution in [0.4, 0.5) is 5.69 Å². The average Bonchev–Trinajstić information content (AvgIpc) is 3.23. The summed E-state index contributed by atoms with van der Waals surface area (Å²) in [7, 11) is 0. The van der Waals surface area contributed by atoms with Crippen LogP contribution in [0.1, 0.15) is 5.69 Å². The van der Waals surface area contributed by atoms with Crippen molar-refractivity contribution >= 4 is 27.9 Å². The Morgan fingerprint density at radius 2 is 2.07 bits per heavy atom. The van der Waals surface area contributed by atoms with E-state index in [0.717, 1.165) is 5.69 Å². The Morgan fingerprint density at radius 1 is 1.24 bits per heavy atom. The number of anilines is 1. The van der Waals surface area contributed by atoms with E-state index in [1.807, 2.05) is 29.6 Å². The lowest BCUT2D eigenvalue weighted by atomic mass is 10.1. The molecule has 2 aromatic heterocycles. The molecule has 0 radical (unpaired) electrons. The molecule has 0 aliphatic carbocycles. The molecule has 0 spiro atoms. The first kappa shape index (κ1) is 18.1. The minimum atomic E-state index is -0.602. The molecule has 1 aromatic carbocycles. The Hall–Kier alpha value is -2.91. The van der Waals surface area contributed by atoms with E-state index in [9.17, 15) is 9.59 Å². The Morgan fingerprint density at radius 3 is 2.93 bits per heavy atom. The predicted octanol–water partition coefficient (Wildman–Crippen LogP) is 1.38. The quantitative estimate of drug-likeness (QED) is 0.647. The number of hydrogen-bond donors (Lipinski definition) is 0. The lowest BCUT2D eigenvalue weighted by Gasteiger charge is -2.38. The topological polar surface area (TPSA) is 76.4 Å². The van der Waals surface area contributed by atoms with Gasteiger partial charge in [-0.05, 0) is 12.1 Å². The highest BCUT2D eigenvalue weighted by Gasteiger charge is 2.34. The summed E-state index contributed by atoms with van der Waals surface area (Å²) >= 11 is 1.42. The van der Waals surface area contributed by atoms with E-state index in [4.69, 9.17) is 9.47 Å². The third kappa shape index (κ3) is 3.47. The van der Waals surface area contributed by atoms with Crippen molar-refractivity contribution in [1.82, 2.24) is 14.3 Å². The highest BCUT2D eigenvalue weighted by atomic mass is 32.1. The third-order valence-electron chi connectivity index (χ3n) is 5.17. The number of hydrogen-bond acceptors (Lipinski definition) is 7. The Labute approximate surface area is 170 Å². The van der Waals surface area contributed by atoms with Gasteiger partial charge in [-0.2, -0.15) is 0 Å². The van der Waals surface area contributed by atoms with Gasteiger partial charge in [0, 0.05) is 30.7 Å². The second-order valence-corrected chi connectivity index (χ2v) is 7.91. The van der Waals surface area contributed by atoms with Gasteiger partial charge in [-0.1, -0.05) is 12.1 Å². The number of thiazole rings is 1. The molecule has 1 unspecified atom stereocenters. The van der Waals surface area contributed by atoms with Crippen molar-refractivity contribution in [3.05, 3.63) is 58.0 Å². The Balaban J connectivity index is 1.44. The van der Waals surface area contributed by atoms with Crippen LogP contribution in [0.5, 0.6) is 5.75 Å². The van der Waals surface area contributed by atoms with Gasteiger partial charge in [0.15, 0.2) is 11.1 Å². The largest absolute Gasteiger partial charge is 0.477 e. The lowest BCUT2D eigenvalue weighted by molar-refractivity contribution is -0.142. The van der Waals surface area contributed by atoms with Crippen LogP contribution in [-0.2, 0) is 16.1 Å². The molecule has 3 aromatic rings. The van der Waals surface area contributed by atoms with Crippen molar-refractivity contribution in [2.45, 2.75) is 12.6 Å². The first-order valence-electron chi connectivity index (χ1n) is 9.52. The number of para-hydroxylation sites is 2. The molecular formula is C20H20N4O4S. The van der Waals surface area contributed by atoms with Gasteiger partial charge >= 0.3 is 0 Å². The first-order chi connectivity index (χ1) is 14.2. The molecule has 4 heterocycles. The van der Waals surface area contributed by atoms with Crippen LogP contribution in [0.25, 0.3) is 4.96 Å². The molecule has 8 nitrogen and oxygen atoms in total. The highest BCUT2D eigenvalue weighted by molar-refractivity contribution is 7.15. The van der Waals surface area contributed by atoms with E-state index in [1.165, 1.54) is 15.7 Å². The van der Waals surface area contributed by atoms with E-state index >= 15 is 0 Å². The van der Waals surface area contributed by atoms with Crippen molar-refractivity contribution in [3.8, 4) is 5.75 Å². The molecule has 1 saturated heterocycles.